The van der Waals surface area contributed by atoms with Gasteiger partial charge >= 0.3 is 5.97 Å². The largest absolute Gasteiger partial charge is 0.444 e. The van der Waals surface area contributed by atoms with E-state index in [9.17, 15) is 9.59 Å². The Balaban J connectivity index is 2.16. The number of carbonyl (C=O) groups excluding carboxylic acids is 2. The van der Waals surface area contributed by atoms with Crippen molar-refractivity contribution in [2.45, 2.75) is 77.0 Å². The molecule has 0 aromatic carbocycles. The van der Waals surface area contributed by atoms with Gasteiger partial charge in [0.2, 0.25) is 5.60 Å². The van der Waals surface area contributed by atoms with Crippen LogP contribution in [-0.2, 0) is 19.1 Å². The molecular formula is C16H27NO4. The van der Waals surface area contributed by atoms with Crippen molar-refractivity contribution >= 4 is 11.9 Å². The van der Waals surface area contributed by atoms with Crippen LogP contribution in [0.25, 0.3) is 0 Å². The van der Waals surface area contributed by atoms with Crippen LogP contribution < -0.4 is 5.32 Å². The third kappa shape index (κ3) is 3.57. The molecule has 1 amide bonds. The van der Waals surface area contributed by atoms with Crippen LogP contribution in [0.3, 0.4) is 0 Å². The minimum Gasteiger partial charge on any atom is -0.444 e. The van der Waals surface area contributed by atoms with Crippen LogP contribution in [0, 0.1) is 5.92 Å². The summed E-state index contributed by atoms with van der Waals surface area (Å²) >= 11 is 0. The van der Waals surface area contributed by atoms with Crippen molar-refractivity contribution in [3.05, 3.63) is 0 Å². The molecule has 2 atom stereocenters. The standard InChI is InChI=1S/C16H27NO4/c1-11(18)21-16(14(19)17-15(2,3)4)10-20-13(16)12-8-6-5-7-9-12/h12-13H,5-10H2,1-4H3,(H,17,19)/t13-,16-/m0/s1. The number of carbonyl (C=O) groups is 2. The highest BCUT2D eigenvalue weighted by Crippen LogP contribution is 2.41. The quantitative estimate of drug-likeness (QED) is 0.811. The molecule has 2 aliphatic rings. The van der Waals surface area contributed by atoms with E-state index in [1.807, 2.05) is 20.8 Å². The van der Waals surface area contributed by atoms with E-state index in [-0.39, 0.29) is 24.2 Å². The van der Waals surface area contributed by atoms with E-state index in [0.717, 1.165) is 25.7 Å². The molecule has 1 saturated carbocycles. The molecule has 5 heteroatoms. The van der Waals surface area contributed by atoms with Gasteiger partial charge in [0, 0.05) is 12.5 Å². The number of esters is 1. The number of nitrogens with one attached hydrogen (secondary N) is 1. The Labute approximate surface area is 126 Å². The molecule has 0 unspecified atom stereocenters. The van der Waals surface area contributed by atoms with Gasteiger partial charge in [0.25, 0.3) is 5.91 Å². The van der Waals surface area contributed by atoms with Crippen LogP contribution in [0.4, 0.5) is 0 Å². The van der Waals surface area contributed by atoms with Crippen LogP contribution in [0.15, 0.2) is 0 Å². The van der Waals surface area contributed by atoms with Crippen LogP contribution >= 0.6 is 0 Å². The van der Waals surface area contributed by atoms with Crippen molar-refractivity contribution in [3.63, 3.8) is 0 Å². The molecule has 0 bridgehead atoms. The van der Waals surface area contributed by atoms with Gasteiger partial charge in [-0.25, -0.2) is 0 Å². The minimum absolute atomic E-state index is 0.162. The fourth-order valence-electron chi connectivity index (χ4n) is 3.32. The van der Waals surface area contributed by atoms with Crippen molar-refractivity contribution in [1.82, 2.24) is 5.32 Å². The smallest absolute Gasteiger partial charge is 0.303 e. The monoisotopic (exact) mass is 297 g/mol. The molecule has 5 nitrogen and oxygen atoms in total. The maximum atomic E-state index is 12.7. The van der Waals surface area contributed by atoms with Gasteiger partial charge in [-0.15, -0.1) is 0 Å². The number of amides is 1. The van der Waals surface area contributed by atoms with Gasteiger partial charge in [0.05, 0.1) is 6.61 Å². The normalized spacial score (nSPS) is 30.4. The van der Waals surface area contributed by atoms with Crippen LogP contribution in [0.2, 0.25) is 0 Å². The number of hydrogen-bond donors (Lipinski definition) is 1. The Kier molecular flexibility index (Phi) is 4.61. The fourth-order valence-corrected chi connectivity index (χ4v) is 3.32. The lowest BCUT2D eigenvalue weighted by Crippen LogP contribution is -2.72. The third-order valence-corrected chi connectivity index (χ3v) is 4.21. The van der Waals surface area contributed by atoms with E-state index in [2.05, 4.69) is 5.32 Å². The van der Waals surface area contributed by atoms with Gasteiger partial charge in [-0.2, -0.15) is 0 Å². The molecule has 2 fully saturated rings. The van der Waals surface area contributed by atoms with E-state index in [1.165, 1.54) is 13.3 Å². The highest BCUT2D eigenvalue weighted by Gasteiger charge is 2.60. The first-order valence-corrected chi connectivity index (χ1v) is 7.88. The summed E-state index contributed by atoms with van der Waals surface area (Å²) in [5.74, 6) is -0.354. The molecule has 1 aliphatic carbocycles. The Morgan fingerprint density at radius 3 is 2.24 bits per heavy atom. The summed E-state index contributed by atoms with van der Waals surface area (Å²) in [6.45, 7) is 7.27. The molecule has 0 aromatic heterocycles. The van der Waals surface area contributed by atoms with Crippen molar-refractivity contribution in [2.75, 3.05) is 6.61 Å². The lowest BCUT2D eigenvalue weighted by Gasteiger charge is -2.50. The van der Waals surface area contributed by atoms with Gasteiger partial charge in [-0.1, -0.05) is 19.3 Å². The Morgan fingerprint density at radius 1 is 1.19 bits per heavy atom. The van der Waals surface area contributed by atoms with Gasteiger partial charge in [-0.05, 0) is 39.5 Å². The summed E-state index contributed by atoms with van der Waals surface area (Å²) in [6.07, 6.45) is 5.32. The summed E-state index contributed by atoms with van der Waals surface area (Å²) in [4.78, 5) is 24.2. The molecule has 1 saturated heterocycles. The first-order chi connectivity index (χ1) is 9.74. The Morgan fingerprint density at radius 2 is 1.81 bits per heavy atom. The predicted molar refractivity (Wildman–Crippen MR) is 78.7 cm³/mol. The number of ether oxygens (including phenoxy) is 2. The second-order valence-corrected chi connectivity index (χ2v) is 7.32. The number of rotatable bonds is 3. The molecule has 0 aromatic rings. The predicted octanol–water partition coefficient (Wildman–Crippen LogP) is 2.18. The molecule has 1 N–H and O–H groups in total. The average Bonchev–Trinajstić information content (AvgIpc) is 2.33. The zero-order valence-corrected chi connectivity index (χ0v) is 13.5. The fraction of sp³-hybridized carbons (Fsp3) is 0.875. The maximum Gasteiger partial charge on any atom is 0.303 e. The van der Waals surface area contributed by atoms with Crippen molar-refractivity contribution in [3.8, 4) is 0 Å². The Bertz CT molecular complexity index is 409. The van der Waals surface area contributed by atoms with E-state index >= 15 is 0 Å². The van der Waals surface area contributed by atoms with Crippen LogP contribution in [0.1, 0.15) is 59.8 Å². The SMILES string of the molecule is CC(=O)O[C@@]1(C(=O)NC(C)(C)C)CO[C@H]1C1CCCCC1. The molecular weight excluding hydrogens is 270 g/mol. The van der Waals surface area contributed by atoms with Crippen molar-refractivity contribution < 1.29 is 19.1 Å². The zero-order valence-electron chi connectivity index (χ0n) is 13.5. The summed E-state index contributed by atoms with van der Waals surface area (Å²) in [5.41, 5.74) is -1.50. The third-order valence-electron chi connectivity index (χ3n) is 4.21. The van der Waals surface area contributed by atoms with E-state index < -0.39 is 11.6 Å². The first kappa shape index (κ1) is 16.3. The zero-order chi connectivity index (χ0) is 15.7. The molecule has 21 heavy (non-hydrogen) atoms. The topological polar surface area (TPSA) is 64.6 Å². The Hall–Kier alpha value is -1.10. The van der Waals surface area contributed by atoms with E-state index in [0.29, 0.717) is 5.92 Å². The van der Waals surface area contributed by atoms with Crippen molar-refractivity contribution in [2.24, 2.45) is 5.92 Å². The molecule has 0 spiro atoms. The van der Waals surface area contributed by atoms with E-state index in [4.69, 9.17) is 9.47 Å². The summed E-state index contributed by atoms with van der Waals surface area (Å²) in [7, 11) is 0. The average molecular weight is 297 g/mol. The summed E-state index contributed by atoms with van der Waals surface area (Å²) < 4.78 is 11.2. The molecule has 0 radical (unpaired) electrons. The van der Waals surface area contributed by atoms with Gasteiger partial charge in [-0.3, -0.25) is 9.59 Å². The van der Waals surface area contributed by atoms with E-state index in [1.54, 1.807) is 0 Å². The van der Waals surface area contributed by atoms with Gasteiger partial charge in [0.1, 0.15) is 6.10 Å². The van der Waals surface area contributed by atoms with Crippen molar-refractivity contribution in [1.29, 1.82) is 0 Å². The molecule has 2 rings (SSSR count). The summed E-state index contributed by atoms with van der Waals surface area (Å²) in [6, 6.07) is 0. The van der Waals surface area contributed by atoms with Crippen LogP contribution in [0.5, 0.6) is 0 Å². The maximum absolute atomic E-state index is 12.7. The second-order valence-electron chi connectivity index (χ2n) is 7.32. The van der Waals surface area contributed by atoms with Crippen LogP contribution in [-0.4, -0.2) is 35.7 Å². The lowest BCUT2D eigenvalue weighted by atomic mass is 9.74. The van der Waals surface area contributed by atoms with Gasteiger partial charge < -0.3 is 14.8 Å². The minimum atomic E-state index is -1.14. The highest BCUT2D eigenvalue weighted by molar-refractivity contribution is 5.90. The second kappa shape index (κ2) is 5.95. The number of hydrogen-bond acceptors (Lipinski definition) is 4. The lowest BCUT2D eigenvalue weighted by molar-refractivity contribution is -0.260. The highest BCUT2D eigenvalue weighted by atomic mass is 16.6. The summed E-state index contributed by atoms with van der Waals surface area (Å²) in [5, 5.41) is 2.94. The molecule has 120 valence electrons. The molecule has 1 aliphatic heterocycles. The van der Waals surface area contributed by atoms with Gasteiger partial charge in [0.15, 0.2) is 0 Å². The molecule has 1 heterocycles. The first-order valence-electron chi connectivity index (χ1n) is 7.88.